The average molecular weight is 398 g/mol. The normalized spacial score (nSPS) is 13.6. The minimum atomic E-state index is -1.06. The lowest BCUT2D eigenvalue weighted by Crippen LogP contribution is -2.39. The van der Waals surface area contributed by atoms with Crippen LogP contribution < -0.4 is 14.8 Å². The summed E-state index contributed by atoms with van der Waals surface area (Å²) in [6.07, 6.45) is -0.310. The Morgan fingerprint density at radius 3 is 2.52 bits per heavy atom. The van der Waals surface area contributed by atoms with Gasteiger partial charge in [0.05, 0.1) is 26.7 Å². The van der Waals surface area contributed by atoms with Crippen LogP contribution in [0.5, 0.6) is 11.5 Å². The molecule has 0 bridgehead atoms. The van der Waals surface area contributed by atoms with Crippen molar-refractivity contribution < 1.29 is 29.0 Å². The lowest BCUT2D eigenvalue weighted by molar-refractivity contribution is -0.137. The lowest BCUT2D eigenvalue weighted by atomic mass is 10.0. The van der Waals surface area contributed by atoms with Gasteiger partial charge in [0.15, 0.2) is 11.5 Å². The summed E-state index contributed by atoms with van der Waals surface area (Å²) in [5.41, 5.74) is 2.02. The smallest absolute Gasteiger partial charge is 0.305 e. The summed E-state index contributed by atoms with van der Waals surface area (Å²) in [5, 5.41) is 12.0. The number of hydrogen-bond donors (Lipinski definition) is 2. The van der Waals surface area contributed by atoms with E-state index in [0.29, 0.717) is 29.2 Å². The van der Waals surface area contributed by atoms with Crippen LogP contribution in [0.1, 0.15) is 33.9 Å². The van der Waals surface area contributed by atoms with Gasteiger partial charge in [-0.05, 0) is 29.3 Å². The van der Waals surface area contributed by atoms with E-state index in [9.17, 15) is 19.5 Å². The second-order valence-corrected chi connectivity index (χ2v) is 6.65. The van der Waals surface area contributed by atoms with Crippen molar-refractivity contribution in [1.82, 2.24) is 10.2 Å². The predicted molar refractivity (Wildman–Crippen MR) is 104 cm³/mol. The molecule has 152 valence electrons. The molecule has 1 aliphatic heterocycles. The quantitative estimate of drug-likeness (QED) is 0.705. The van der Waals surface area contributed by atoms with Crippen LogP contribution in [0.4, 0.5) is 0 Å². The molecule has 3 rings (SSSR count). The third-order valence-electron chi connectivity index (χ3n) is 4.75. The third kappa shape index (κ3) is 4.48. The molecule has 2 amide bonds. The molecule has 0 aliphatic carbocycles. The molecule has 1 aliphatic rings. The van der Waals surface area contributed by atoms with Gasteiger partial charge in [-0.2, -0.15) is 0 Å². The monoisotopic (exact) mass is 398 g/mol. The van der Waals surface area contributed by atoms with Crippen LogP contribution in [0, 0.1) is 0 Å². The summed E-state index contributed by atoms with van der Waals surface area (Å²) < 4.78 is 10.4. The molecule has 8 nitrogen and oxygen atoms in total. The maximum atomic E-state index is 12.6. The molecule has 1 unspecified atom stereocenters. The van der Waals surface area contributed by atoms with Crippen molar-refractivity contribution in [3.8, 4) is 11.5 Å². The Morgan fingerprint density at radius 2 is 1.86 bits per heavy atom. The standard InChI is InChI=1S/C21H22N2O6/c1-28-17-8-7-13(9-18(17)29-2)16(10-20(25)26)22-19(24)12-23-11-14-5-3-4-6-15(14)21(23)27/h3-9,16H,10-12H2,1-2H3,(H,22,24)(H,25,26). The molecular formula is C21H22N2O6. The number of hydrogen-bond acceptors (Lipinski definition) is 5. The molecule has 0 spiro atoms. The van der Waals surface area contributed by atoms with E-state index in [0.717, 1.165) is 5.56 Å². The Balaban J connectivity index is 1.73. The summed E-state index contributed by atoms with van der Waals surface area (Å²) in [6, 6.07) is 11.4. The van der Waals surface area contributed by atoms with Crippen molar-refractivity contribution in [3.05, 3.63) is 59.2 Å². The van der Waals surface area contributed by atoms with Gasteiger partial charge in [0, 0.05) is 12.1 Å². The molecule has 2 aromatic rings. The predicted octanol–water partition coefficient (Wildman–Crippen LogP) is 1.99. The minimum Gasteiger partial charge on any atom is -0.493 e. The Labute approximate surface area is 168 Å². The van der Waals surface area contributed by atoms with Crippen molar-refractivity contribution in [2.75, 3.05) is 20.8 Å². The number of methoxy groups -OCH3 is 2. The van der Waals surface area contributed by atoms with Gasteiger partial charge in [0.2, 0.25) is 5.91 Å². The largest absolute Gasteiger partial charge is 0.493 e. The SMILES string of the molecule is COc1ccc(C(CC(=O)O)NC(=O)CN2Cc3ccccc3C2=O)cc1OC. The van der Waals surface area contributed by atoms with Crippen LogP contribution in [-0.4, -0.2) is 48.6 Å². The number of benzene rings is 2. The zero-order valence-electron chi connectivity index (χ0n) is 16.2. The summed E-state index contributed by atoms with van der Waals surface area (Å²) in [4.78, 5) is 37.8. The summed E-state index contributed by atoms with van der Waals surface area (Å²) in [7, 11) is 2.97. The number of carbonyl (C=O) groups is 3. The average Bonchev–Trinajstić information content (AvgIpc) is 3.02. The molecule has 29 heavy (non-hydrogen) atoms. The number of nitrogens with one attached hydrogen (secondary N) is 1. The van der Waals surface area contributed by atoms with Crippen LogP contribution in [0.25, 0.3) is 0 Å². The number of carboxylic acids is 1. The number of carbonyl (C=O) groups excluding carboxylic acids is 2. The van der Waals surface area contributed by atoms with Crippen molar-refractivity contribution in [3.63, 3.8) is 0 Å². The van der Waals surface area contributed by atoms with Gasteiger partial charge in [0.25, 0.3) is 5.91 Å². The first-order chi connectivity index (χ1) is 13.9. The van der Waals surface area contributed by atoms with E-state index in [1.807, 2.05) is 12.1 Å². The van der Waals surface area contributed by atoms with Gasteiger partial charge < -0.3 is 24.8 Å². The third-order valence-corrected chi connectivity index (χ3v) is 4.75. The first-order valence-corrected chi connectivity index (χ1v) is 9.03. The number of ether oxygens (including phenoxy) is 2. The fourth-order valence-electron chi connectivity index (χ4n) is 3.35. The van der Waals surface area contributed by atoms with Gasteiger partial charge in [-0.25, -0.2) is 0 Å². The molecule has 2 aromatic carbocycles. The second-order valence-electron chi connectivity index (χ2n) is 6.65. The zero-order chi connectivity index (χ0) is 21.0. The molecular weight excluding hydrogens is 376 g/mol. The van der Waals surface area contributed by atoms with Crippen molar-refractivity contribution in [2.24, 2.45) is 0 Å². The number of aliphatic carboxylic acids is 1. The van der Waals surface area contributed by atoms with E-state index >= 15 is 0 Å². The molecule has 0 radical (unpaired) electrons. The topological polar surface area (TPSA) is 105 Å². The van der Waals surface area contributed by atoms with Crippen molar-refractivity contribution in [1.29, 1.82) is 0 Å². The van der Waals surface area contributed by atoms with Crippen LogP contribution in [0.15, 0.2) is 42.5 Å². The molecule has 1 heterocycles. The van der Waals surface area contributed by atoms with E-state index in [2.05, 4.69) is 5.32 Å². The highest BCUT2D eigenvalue weighted by atomic mass is 16.5. The molecule has 0 fully saturated rings. The summed E-state index contributed by atoms with van der Waals surface area (Å²) in [6.45, 7) is 0.194. The van der Waals surface area contributed by atoms with E-state index in [4.69, 9.17) is 9.47 Å². The van der Waals surface area contributed by atoms with Crippen molar-refractivity contribution >= 4 is 17.8 Å². The van der Waals surface area contributed by atoms with E-state index < -0.39 is 17.9 Å². The van der Waals surface area contributed by atoms with Gasteiger partial charge in [-0.3, -0.25) is 14.4 Å². The number of rotatable bonds is 8. The highest BCUT2D eigenvalue weighted by molar-refractivity contribution is 6.00. The van der Waals surface area contributed by atoms with Crippen LogP contribution in [0.2, 0.25) is 0 Å². The number of fused-ring (bicyclic) bond motifs is 1. The van der Waals surface area contributed by atoms with Gasteiger partial charge in [0.1, 0.15) is 6.54 Å². The zero-order valence-corrected chi connectivity index (χ0v) is 16.2. The van der Waals surface area contributed by atoms with E-state index in [-0.39, 0.29) is 18.9 Å². The summed E-state index contributed by atoms with van der Waals surface area (Å²) >= 11 is 0. The van der Waals surface area contributed by atoms with Crippen LogP contribution in [0.3, 0.4) is 0 Å². The Kier molecular flexibility index (Phi) is 6.01. The van der Waals surface area contributed by atoms with E-state index in [1.165, 1.54) is 19.1 Å². The highest BCUT2D eigenvalue weighted by Crippen LogP contribution is 2.31. The molecule has 2 N–H and O–H groups in total. The Hall–Kier alpha value is -3.55. The molecule has 0 aromatic heterocycles. The molecule has 0 saturated carbocycles. The van der Waals surface area contributed by atoms with E-state index in [1.54, 1.807) is 30.3 Å². The maximum Gasteiger partial charge on any atom is 0.305 e. The second kappa shape index (κ2) is 8.64. The van der Waals surface area contributed by atoms with Gasteiger partial charge in [-0.15, -0.1) is 0 Å². The Morgan fingerprint density at radius 1 is 1.14 bits per heavy atom. The first kappa shape index (κ1) is 20.2. The fourth-order valence-corrected chi connectivity index (χ4v) is 3.35. The summed E-state index contributed by atoms with van der Waals surface area (Å²) in [5.74, 6) is -0.782. The van der Waals surface area contributed by atoms with Gasteiger partial charge in [-0.1, -0.05) is 24.3 Å². The molecule has 0 saturated heterocycles. The number of nitrogens with zero attached hydrogens (tertiary/aromatic N) is 1. The molecule has 8 heteroatoms. The Bertz CT molecular complexity index is 943. The van der Waals surface area contributed by atoms with Crippen LogP contribution >= 0.6 is 0 Å². The molecule has 1 atom stereocenters. The number of amides is 2. The fraction of sp³-hybridized carbons (Fsp3) is 0.286. The first-order valence-electron chi connectivity index (χ1n) is 9.03. The highest BCUT2D eigenvalue weighted by Gasteiger charge is 2.29. The number of carboxylic acid groups (broad SMARTS) is 1. The van der Waals surface area contributed by atoms with Gasteiger partial charge >= 0.3 is 5.97 Å². The van der Waals surface area contributed by atoms with Crippen molar-refractivity contribution in [2.45, 2.75) is 19.0 Å². The maximum absolute atomic E-state index is 12.6. The lowest BCUT2D eigenvalue weighted by Gasteiger charge is -2.21. The minimum absolute atomic E-state index is 0.156. The van der Waals surface area contributed by atoms with Crippen LogP contribution in [-0.2, 0) is 16.1 Å².